The van der Waals surface area contributed by atoms with E-state index in [9.17, 15) is 0 Å². The highest BCUT2D eigenvalue weighted by Gasteiger charge is 1.97. The Morgan fingerprint density at radius 1 is 0.857 bits per heavy atom. The van der Waals surface area contributed by atoms with Gasteiger partial charge in [0.2, 0.25) is 0 Å². The Labute approximate surface area is 128 Å². The van der Waals surface area contributed by atoms with Crippen LogP contribution in [0.25, 0.3) is 0 Å². The van der Waals surface area contributed by atoms with Crippen molar-refractivity contribution in [2.24, 2.45) is 0 Å². The number of unbranched alkanes of at least 4 members (excludes halogenated alkanes) is 1. The lowest BCUT2D eigenvalue weighted by atomic mass is 10.1. The number of hydrogen-bond acceptors (Lipinski definition) is 2. The molecule has 2 aromatic rings. The Morgan fingerprint density at radius 3 is 2.14 bits per heavy atom. The number of rotatable bonds is 8. The van der Waals surface area contributed by atoms with Crippen LogP contribution in [0.5, 0.6) is 5.75 Å². The van der Waals surface area contributed by atoms with Gasteiger partial charge in [0.25, 0.3) is 0 Å². The second-order valence-corrected chi connectivity index (χ2v) is 5.23. The summed E-state index contributed by atoms with van der Waals surface area (Å²) in [5.41, 5.74) is 3.85. The van der Waals surface area contributed by atoms with Gasteiger partial charge in [0.15, 0.2) is 0 Å². The lowest BCUT2D eigenvalue weighted by molar-refractivity contribution is 0.340. The van der Waals surface area contributed by atoms with Crippen molar-refractivity contribution in [1.82, 2.24) is 0 Å². The molecule has 0 saturated heterocycles. The average Bonchev–Trinajstić information content (AvgIpc) is 2.53. The van der Waals surface area contributed by atoms with Gasteiger partial charge in [-0.25, -0.2) is 0 Å². The SMILES string of the molecule is CCCCc1ccc(NCc2ccc(OCC)cc2)cc1. The molecule has 21 heavy (non-hydrogen) atoms. The van der Waals surface area contributed by atoms with E-state index in [1.165, 1.54) is 36.1 Å². The van der Waals surface area contributed by atoms with Gasteiger partial charge in [-0.05, 0) is 55.2 Å². The minimum atomic E-state index is 0.710. The van der Waals surface area contributed by atoms with E-state index < -0.39 is 0 Å². The third kappa shape index (κ3) is 5.14. The van der Waals surface area contributed by atoms with Gasteiger partial charge in [-0.1, -0.05) is 37.6 Å². The molecular formula is C19H25NO. The Bertz CT molecular complexity index is 516. The summed E-state index contributed by atoms with van der Waals surface area (Å²) in [5.74, 6) is 0.932. The zero-order chi connectivity index (χ0) is 14.9. The van der Waals surface area contributed by atoms with Crippen LogP contribution < -0.4 is 10.1 Å². The van der Waals surface area contributed by atoms with E-state index in [1.54, 1.807) is 0 Å². The van der Waals surface area contributed by atoms with Gasteiger partial charge in [-0.3, -0.25) is 0 Å². The van der Waals surface area contributed by atoms with Gasteiger partial charge in [0.1, 0.15) is 5.75 Å². The fraction of sp³-hybridized carbons (Fsp3) is 0.368. The first-order chi connectivity index (χ1) is 10.3. The van der Waals surface area contributed by atoms with E-state index >= 15 is 0 Å². The summed E-state index contributed by atoms with van der Waals surface area (Å²) < 4.78 is 5.45. The van der Waals surface area contributed by atoms with Gasteiger partial charge in [0, 0.05) is 12.2 Å². The number of benzene rings is 2. The molecule has 0 fully saturated rings. The summed E-state index contributed by atoms with van der Waals surface area (Å²) in [4.78, 5) is 0. The molecule has 2 rings (SSSR count). The lowest BCUT2D eigenvalue weighted by Crippen LogP contribution is -1.99. The minimum Gasteiger partial charge on any atom is -0.494 e. The molecule has 0 radical (unpaired) electrons. The van der Waals surface area contributed by atoms with Crippen LogP contribution in [-0.4, -0.2) is 6.61 Å². The van der Waals surface area contributed by atoms with Crippen LogP contribution in [-0.2, 0) is 13.0 Å². The molecule has 0 aromatic heterocycles. The highest BCUT2D eigenvalue weighted by atomic mass is 16.5. The number of hydrogen-bond donors (Lipinski definition) is 1. The molecular weight excluding hydrogens is 258 g/mol. The van der Waals surface area contributed by atoms with Crippen molar-refractivity contribution in [3.05, 3.63) is 59.7 Å². The quantitative estimate of drug-likeness (QED) is 0.732. The molecule has 0 unspecified atom stereocenters. The summed E-state index contributed by atoms with van der Waals surface area (Å²) in [6, 6.07) is 17.0. The maximum atomic E-state index is 5.45. The molecule has 112 valence electrons. The van der Waals surface area contributed by atoms with Crippen molar-refractivity contribution in [2.75, 3.05) is 11.9 Å². The number of anilines is 1. The van der Waals surface area contributed by atoms with Crippen LogP contribution in [0.3, 0.4) is 0 Å². The van der Waals surface area contributed by atoms with E-state index in [1.807, 2.05) is 19.1 Å². The smallest absolute Gasteiger partial charge is 0.119 e. The van der Waals surface area contributed by atoms with Crippen LogP contribution >= 0.6 is 0 Å². The predicted octanol–water partition coefficient (Wildman–Crippen LogP) is 5.04. The van der Waals surface area contributed by atoms with Gasteiger partial charge in [0.05, 0.1) is 6.61 Å². The van der Waals surface area contributed by atoms with Crippen molar-refractivity contribution in [3.8, 4) is 5.75 Å². The second-order valence-electron chi connectivity index (χ2n) is 5.23. The van der Waals surface area contributed by atoms with Crippen molar-refractivity contribution < 1.29 is 4.74 Å². The normalized spacial score (nSPS) is 10.4. The Balaban J connectivity index is 1.84. The van der Waals surface area contributed by atoms with Crippen LogP contribution in [0.4, 0.5) is 5.69 Å². The van der Waals surface area contributed by atoms with Gasteiger partial charge >= 0.3 is 0 Å². The van der Waals surface area contributed by atoms with E-state index in [4.69, 9.17) is 4.74 Å². The highest BCUT2D eigenvalue weighted by molar-refractivity contribution is 5.45. The summed E-state index contributed by atoms with van der Waals surface area (Å²) in [6.07, 6.45) is 3.69. The molecule has 0 aliphatic rings. The van der Waals surface area contributed by atoms with Crippen LogP contribution in [0.1, 0.15) is 37.8 Å². The first kappa shape index (κ1) is 15.4. The third-order valence-electron chi connectivity index (χ3n) is 3.50. The van der Waals surface area contributed by atoms with Crippen molar-refractivity contribution in [1.29, 1.82) is 0 Å². The number of aryl methyl sites for hydroxylation is 1. The van der Waals surface area contributed by atoms with E-state index in [2.05, 4.69) is 48.6 Å². The standard InChI is InChI=1S/C19H25NO/c1-3-5-6-16-7-11-18(12-8-16)20-15-17-9-13-19(14-10-17)21-4-2/h7-14,20H,3-6,15H2,1-2H3. The lowest BCUT2D eigenvalue weighted by Gasteiger charge is -2.09. The van der Waals surface area contributed by atoms with Crippen LogP contribution in [0, 0.1) is 0 Å². The largest absolute Gasteiger partial charge is 0.494 e. The molecule has 1 N–H and O–H groups in total. The average molecular weight is 283 g/mol. The second kappa shape index (κ2) is 8.35. The van der Waals surface area contributed by atoms with Gasteiger partial charge in [-0.2, -0.15) is 0 Å². The Morgan fingerprint density at radius 2 is 1.52 bits per heavy atom. The van der Waals surface area contributed by atoms with Crippen molar-refractivity contribution >= 4 is 5.69 Å². The Kier molecular flexibility index (Phi) is 6.14. The zero-order valence-electron chi connectivity index (χ0n) is 13.1. The van der Waals surface area contributed by atoms with Crippen LogP contribution in [0.15, 0.2) is 48.5 Å². The summed E-state index contributed by atoms with van der Waals surface area (Å²) in [5, 5.41) is 3.45. The highest BCUT2D eigenvalue weighted by Crippen LogP contribution is 2.15. The first-order valence-electron chi connectivity index (χ1n) is 7.86. The molecule has 0 aliphatic heterocycles. The maximum absolute atomic E-state index is 5.45. The molecule has 0 amide bonds. The summed E-state index contributed by atoms with van der Waals surface area (Å²) >= 11 is 0. The van der Waals surface area contributed by atoms with Crippen LogP contribution in [0.2, 0.25) is 0 Å². The Hall–Kier alpha value is -1.96. The molecule has 2 nitrogen and oxygen atoms in total. The fourth-order valence-corrected chi connectivity index (χ4v) is 2.24. The zero-order valence-corrected chi connectivity index (χ0v) is 13.1. The van der Waals surface area contributed by atoms with E-state index in [0.29, 0.717) is 6.61 Å². The molecule has 0 heterocycles. The third-order valence-corrected chi connectivity index (χ3v) is 3.50. The topological polar surface area (TPSA) is 21.3 Å². The van der Waals surface area contributed by atoms with Crippen molar-refractivity contribution in [2.45, 2.75) is 39.7 Å². The molecule has 0 atom stereocenters. The minimum absolute atomic E-state index is 0.710. The summed E-state index contributed by atoms with van der Waals surface area (Å²) in [7, 11) is 0. The monoisotopic (exact) mass is 283 g/mol. The maximum Gasteiger partial charge on any atom is 0.119 e. The molecule has 0 saturated carbocycles. The van der Waals surface area contributed by atoms with Gasteiger partial charge in [-0.15, -0.1) is 0 Å². The molecule has 0 aliphatic carbocycles. The first-order valence-corrected chi connectivity index (χ1v) is 7.86. The predicted molar refractivity (Wildman–Crippen MR) is 90.0 cm³/mol. The van der Waals surface area contributed by atoms with E-state index in [-0.39, 0.29) is 0 Å². The van der Waals surface area contributed by atoms with E-state index in [0.717, 1.165) is 12.3 Å². The summed E-state index contributed by atoms with van der Waals surface area (Å²) in [6.45, 7) is 5.77. The fourth-order valence-electron chi connectivity index (χ4n) is 2.24. The molecule has 2 aromatic carbocycles. The molecule has 2 heteroatoms. The van der Waals surface area contributed by atoms with Crippen molar-refractivity contribution in [3.63, 3.8) is 0 Å². The molecule has 0 bridgehead atoms. The number of ether oxygens (including phenoxy) is 1. The number of nitrogens with one attached hydrogen (secondary N) is 1. The molecule has 0 spiro atoms. The van der Waals surface area contributed by atoms with Gasteiger partial charge < -0.3 is 10.1 Å².